The maximum absolute atomic E-state index is 11.7. The number of urea groups is 1. The van der Waals surface area contributed by atoms with Gasteiger partial charge >= 0.3 is 12.0 Å². The molecule has 0 aromatic rings. The predicted octanol–water partition coefficient (Wildman–Crippen LogP) is 0.299. The summed E-state index contributed by atoms with van der Waals surface area (Å²) in [6.07, 6.45) is 0. The molecule has 100 valence electrons. The molecule has 6 nitrogen and oxygen atoms in total. The van der Waals surface area contributed by atoms with Gasteiger partial charge in [0, 0.05) is 20.1 Å². The monoisotopic (exact) mass is 245 g/mol. The van der Waals surface area contributed by atoms with Crippen molar-refractivity contribution in [2.24, 2.45) is 5.92 Å². The molecule has 0 aliphatic rings. The van der Waals surface area contributed by atoms with Crippen LogP contribution in [0, 0.1) is 5.92 Å². The van der Waals surface area contributed by atoms with Crippen molar-refractivity contribution >= 4 is 12.0 Å². The molecular formula is C11H23N3O3. The van der Waals surface area contributed by atoms with Gasteiger partial charge in [0.05, 0.1) is 0 Å². The Morgan fingerprint density at radius 1 is 1.18 bits per heavy atom. The van der Waals surface area contributed by atoms with E-state index in [1.54, 1.807) is 20.9 Å². The predicted molar refractivity (Wildman–Crippen MR) is 66.0 cm³/mol. The van der Waals surface area contributed by atoms with Crippen LogP contribution >= 0.6 is 0 Å². The molecule has 17 heavy (non-hydrogen) atoms. The average Bonchev–Trinajstić information content (AvgIpc) is 2.20. The fraction of sp³-hybridized carbons (Fsp3) is 0.818. The molecule has 0 fully saturated rings. The minimum absolute atomic E-state index is 0.140. The summed E-state index contributed by atoms with van der Waals surface area (Å²) in [5.41, 5.74) is 0. The topological polar surface area (TPSA) is 72.9 Å². The SMILES string of the molecule is CC(C)[C@@H](NC(=O)N(C)CCN(C)C)C(=O)O. The van der Waals surface area contributed by atoms with Crippen LogP contribution in [0.4, 0.5) is 4.79 Å². The van der Waals surface area contributed by atoms with Gasteiger partial charge < -0.3 is 20.2 Å². The molecule has 0 saturated heterocycles. The average molecular weight is 245 g/mol. The van der Waals surface area contributed by atoms with Crippen LogP contribution in [0.15, 0.2) is 0 Å². The van der Waals surface area contributed by atoms with Crippen molar-refractivity contribution < 1.29 is 14.7 Å². The molecule has 0 saturated carbocycles. The van der Waals surface area contributed by atoms with Crippen molar-refractivity contribution in [2.75, 3.05) is 34.2 Å². The lowest BCUT2D eigenvalue weighted by molar-refractivity contribution is -0.140. The zero-order valence-corrected chi connectivity index (χ0v) is 11.2. The normalized spacial score (nSPS) is 12.6. The van der Waals surface area contributed by atoms with E-state index in [0.717, 1.165) is 6.54 Å². The van der Waals surface area contributed by atoms with Gasteiger partial charge in [0.15, 0.2) is 0 Å². The third-order valence-electron chi connectivity index (χ3n) is 2.44. The number of carbonyl (C=O) groups excluding carboxylic acids is 1. The van der Waals surface area contributed by atoms with Gasteiger partial charge in [0.25, 0.3) is 0 Å². The molecule has 2 N–H and O–H groups in total. The van der Waals surface area contributed by atoms with Crippen LogP contribution in [0.5, 0.6) is 0 Å². The molecule has 1 atom stereocenters. The molecule has 0 bridgehead atoms. The Hall–Kier alpha value is -1.30. The summed E-state index contributed by atoms with van der Waals surface area (Å²) in [4.78, 5) is 26.1. The molecule has 0 aliphatic carbocycles. The summed E-state index contributed by atoms with van der Waals surface area (Å²) in [5, 5.41) is 11.5. The smallest absolute Gasteiger partial charge is 0.326 e. The Bertz CT molecular complexity index is 267. The number of carbonyl (C=O) groups is 2. The van der Waals surface area contributed by atoms with Crippen molar-refractivity contribution in [3.8, 4) is 0 Å². The molecule has 0 spiro atoms. The largest absolute Gasteiger partial charge is 0.480 e. The Balaban J connectivity index is 4.26. The molecule has 0 aromatic carbocycles. The molecule has 0 aliphatic heterocycles. The number of carboxylic acid groups (broad SMARTS) is 1. The second kappa shape index (κ2) is 7.11. The van der Waals surface area contributed by atoms with Crippen LogP contribution in [0.2, 0.25) is 0 Å². The fourth-order valence-electron chi connectivity index (χ4n) is 1.21. The maximum atomic E-state index is 11.7. The lowest BCUT2D eigenvalue weighted by Gasteiger charge is -2.24. The van der Waals surface area contributed by atoms with E-state index < -0.39 is 12.0 Å². The van der Waals surface area contributed by atoms with E-state index in [4.69, 9.17) is 5.11 Å². The number of nitrogens with zero attached hydrogens (tertiary/aromatic N) is 2. The lowest BCUT2D eigenvalue weighted by atomic mass is 10.1. The molecule has 6 heteroatoms. The number of hydrogen-bond donors (Lipinski definition) is 2. The Morgan fingerprint density at radius 3 is 2.06 bits per heavy atom. The maximum Gasteiger partial charge on any atom is 0.326 e. The van der Waals surface area contributed by atoms with Gasteiger partial charge in [-0.3, -0.25) is 0 Å². The first-order valence-electron chi connectivity index (χ1n) is 5.64. The highest BCUT2D eigenvalue weighted by Crippen LogP contribution is 2.02. The summed E-state index contributed by atoms with van der Waals surface area (Å²) in [6.45, 7) is 4.82. The minimum Gasteiger partial charge on any atom is -0.480 e. The highest BCUT2D eigenvalue weighted by molar-refractivity contribution is 5.82. The number of amides is 2. The second-order valence-electron chi connectivity index (χ2n) is 4.73. The second-order valence-corrected chi connectivity index (χ2v) is 4.73. The number of likely N-dealkylation sites (N-methyl/N-ethyl adjacent to an activating group) is 2. The van der Waals surface area contributed by atoms with Gasteiger partial charge in [-0.2, -0.15) is 0 Å². The molecule has 0 rings (SSSR count). The number of hydrogen-bond acceptors (Lipinski definition) is 3. The molecule has 2 amide bonds. The van der Waals surface area contributed by atoms with E-state index in [2.05, 4.69) is 5.32 Å². The van der Waals surface area contributed by atoms with Crippen molar-refractivity contribution in [3.63, 3.8) is 0 Å². The molecule has 0 radical (unpaired) electrons. The van der Waals surface area contributed by atoms with Crippen LogP contribution in [-0.4, -0.2) is 67.2 Å². The third-order valence-corrected chi connectivity index (χ3v) is 2.44. The van der Waals surface area contributed by atoms with Gasteiger partial charge in [-0.15, -0.1) is 0 Å². The standard InChI is InChI=1S/C11H23N3O3/c1-8(2)9(10(15)16)12-11(17)14(5)7-6-13(3)4/h8-9H,6-7H2,1-5H3,(H,12,17)(H,15,16)/t9-/m1/s1. The van der Waals surface area contributed by atoms with E-state index >= 15 is 0 Å². The first-order chi connectivity index (χ1) is 7.75. The summed E-state index contributed by atoms with van der Waals surface area (Å²) in [5.74, 6) is -1.15. The highest BCUT2D eigenvalue weighted by Gasteiger charge is 2.24. The van der Waals surface area contributed by atoms with Crippen molar-refractivity contribution in [1.82, 2.24) is 15.1 Å². The Kier molecular flexibility index (Phi) is 6.57. The number of carboxylic acids is 1. The fourth-order valence-corrected chi connectivity index (χ4v) is 1.21. The summed E-state index contributed by atoms with van der Waals surface area (Å²) in [7, 11) is 5.48. The van der Waals surface area contributed by atoms with Crippen LogP contribution in [-0.2, 0) is 4.79 Å². The quantitative estimate of drug-likeness (QED) is 0.706. The summed E-state index contributed by atoms with van der Waals surface area (Å²) in [6, 6.07) is -1.20. The number of aliphatic carboxylic acids is 1. The molecule has 0 unspecified atom stereocenters. The van der Waals surface area contributed by atoms with Crippen molar-refractivity contribution in [3.05, 3.63) is 0 Å². The summed E-state index contributed by atoms with van der Waals surface area (Å²) < 4.78 is 0. The molecular weight excluding hydrogens is 222 g/mol. The van der Waals surface area contributed by atoms with E-state index in [0.29, 0.717) is 6.54 Å². The highest BCUT2D eigenvalue weighted by atomic mass is 16.4. The van der Waals surface area contributed by atoms with E-state index in [1.807, 2.05) is 19.0 Å². The number of rotatable bonds is 6. The first kappa shape index (κ1) is 15.7. The van der Waals surface area contributed by atoms with Crippen LogP contribution in [0.25, 0.3) is 0 Å². The lowest BCUT2D eigenvalue weighted by Crippen LogP contribution is -2.50. The van der Waals surface area contributed by atoms with Crippen molar-refractivity contribution in [2.45, 2.75) is 19.9 Å². The summed E-state index contributed by atoms with van der Waals surface area (Å²) >= 11 is 0. The van der Waals surface area contributed by atoms with Gasteiger partial charge in [0.1, 0.15) is 6.04 Å². The van der Waals surface area contributed by atoms with Gasteiger partial charge in [-0.25, -0.2) is 9.59 Å². The van der Waals surface area contributed by atoms with Gasteiger partial charge in [-0.1, -0.05) is 13.8 Å². The zero-order valence-electron chi connectivity index (χ0n) is 11.2. The molecule has 0 aromatic heterocycles. The van der Waals surface area contributed by atoms with Crippen LogP contribution in [0.1, 0.15) is 13.8 Å². The van der Waals surface area contributed by atoms with Gasteiger partial charge in [-0.05, 0) is 20.0 Å². The first-order valence-corrected chi connectivity index (χ1v) is 5.64. The van der Waals surface area contributed by atoms with E-state index in [9.17, 15) is 9.59 Å². The van der Waals surface area contributed by atoms with Crippen molar-refractivity contribution in [1.29, 1.82) is 0 Å². The zero-order chi connectivity index (χ0) is 13.6. The minimum atomic E-state index is -1.01. The molecule has 0 heterocycles. The van der Waals surface area contributed by atoms with E-state index in [1.165, 1.54) is 4.90 Å². The van der Waals surface area contributed by atoms with E-state index in [-0.39, 0.29) is 11.9 Å². The van der Waals surface area contributed by atoms with Crippen LogP contribution in [0.3, 0.4) is 0 Å². The Labute approximate surface area is 103 Å². The number of nitrogens with one attached hydrogen (secondary N) is 1. The van der Waals surface area contributed by atoms with Crippen LogP contribution < -0.4 is 5.32 Å². The van der Waals surface area contributed by atoms with Gasteiger partial charge in [0.2, 0.25) is 0 Å². The Morgan fingerprint density at radius 2 is 1.71 bits per heavy atom. The third kappa shape index (κ3) is 6.11.